The van der Waals surface area contributed by atoms with Gasteiger partial charge in [-0.05, 0) is 43.9 Å². The molecule has 1 N–H and O–H groups in total. The molecule has 1 fully saturated rings. The molecule has 0 radical (unpaired) electrons. The van der Waals surface area contributed by atoms with Gasteiger partial charge in [-0.2, -0.15) is 0 Å². The summed E-state index contributed by atoms with van der Waals surface area (Å²) in [6.07, 6.45) is 5.20. The molecular weight excluding hydrogens is 246 g/mol. The molecule has 0 saturated heterocycles. The normalized spacial score (nSPS) is 23.7. The Labute approximate surface area is 115 Å². The molecule has 2 atom stereocenters. The molecular formula is C15H22ClNO. The average molecular weight is 268 g/mol. The molecule has 1 saturated carbocycles. The van der Waals surface area contributed by atoms with E-state index in [1.807, 2.05) is 19.1 Å². The molecule has 1 aromatic rings. The van der Waals surface area contributed by atoms with Gasteiger partial charge in [-0.15, -0.1) is 0 Å². The van der Waals surface area contributed by atoms with Crippen LogP contribution in [0.25, 0.3) is 0 Å². The summed E-state index contributed by atoms with van der Waals surface area (Å²) in [5.74, 6) is 1.59. The van der Waals surface area contributed by atoms with Crippen molar-refractivity contribution in [3.63, 3.8) is 0 Å². The molecule has 3 heteroatoms. The fraction of sp³-hybridized carbons (Fsp3) is 0.600. The van der Waals surface area contributed by atoms with Crippen molar-refractivity contribution in [1.29, 1.82) is 0 Å². The molecule has 0 aliphatic heterocycles. The quantitative estimate of drug-likeness (QED) is 0.852. The van der Waals surface area contributed by atoms with Crippen molar-refractivity contribution in [1.82, 2.24) is 0 Å². The fourth-order valence-electron chi connectivity index (χ4n) is 2.66. The van der Waals surface area contributed by atoms with Crippen LogP contribution in [0.3, 0.4) is 0 Å². The maximum absolute atomic E-state index is 6.19. The summed E-state index contributed by atoms with van der Waals surface area (Å²) >= 11 is 6.19. The van der Waals surface area contributed by atoms with Crippen LogP contribution in [0, 0.1) is 5.92 Å². The van der Waals surface area contributed by atoms with E-state index in [0.29, 0.717) is 17.7 Å². The van der Waals surface area contributed by atoms with Crippen LogP contribution in [0.15, 0.2) is 18.2 Å². The minimum atomic E-state index is 0.586. The summed E-state index contributed by atoms with van der Waals surface area (Å²) in [5.41, 5.74) is 1.10. The Morgan fingerprint density at radius 2 is 2.22 bits per heavy atom. The van der Waals surface area contributed by atoms with E-state index in [4.69, 9.17) is 16.3 Å². The third-order valence-corrected chi connectivity index (χ3v) is 3.83. The van der Waals surface area contributed by atoms with E-state index in [2.05, 4.69) is 18.3 Å². The SMILES string of the molecule is CCOc1ccc(NC2CCCC(C)C2)cc1Cl. The second kappa shape index (κ2) is 6.33. The van der Waals surface area contributed by atoms with E-state index in [9.17, 15) is 0 Å². The maximum atomic E-state index is 6.19. The lowest BCUT2D eigenvalue weighted by Gasteiger charge is -2.28. The summed E-state index contributed by atoms with van der Waals surface area (Å²) in [5, 5.41) is 4.27. The topological polar surface area (TPSA) is 21.3 Å². The Bertz CT molecular complexity index is 394. The van der Waals surface area contributed by atoms with Gasteiger partial charge < -0.3 is 10.1 Å². The zero-order valence-electron chi connectivity index (χ0n) is 11.2. The van der Waals surface area contributed by atoms with Crippen molar-refractivity contribution in [3.05, 3.63) is 23.2 Å². The predicted octanol–water partition coefficient (Wildman–Crippen LogP) is 4.73. The monoisotopic (exact) mass is 267 g/mol. The molecule has 0 bridgehead atoms. The number of ether oxygens (including phenoxy) is 1. The van der Waals surface area contributed by atoms with Crippen molar-refractivity contribution in [3.8, 4) is 5.75 Å². The first-order valence-corrected chi connectivity index (χ1v) is 7.25. The Kier molecular flexibility index (Phi) is 4.76. The van der Waals surface area contributed by atoms with Gasteiger partial charge in [0.25, 0.3) is 0 Å². The highest BCUT2D eigenvalue weighted by atomic mass is 35.5. The van der Waals surface area contributed by atoms with Gasteiger partial charge in [-0.3, -0.25) is 0 Å². The standard InChI is InChI=1S/C15H22ClNO/c1-3-18-15-8-7-13(10-14(15)16)17-12-6-4-5-11(2)9-12/h7-8,10-12,17H,3-6,9H2,1-2H3. The number of hydrogen-bond acceptors (Lipinski definition) is 2. The van der Waals surface area contributed by atoms with Crippen LogP contribution >= 0.6 is 11.6 Å². The van der Waals surface area contributed by atoms with Crippen molar-refractivity contribution in [2.45, 2.75) is 45.6 Å². The van der Waals surface area contributed by atoms with E-state index in [0.717, 1.165) is 17.4 Å². The lowest BCUT2D eigenvalue weighted by molar-refractivity contribution is 0.340. The number of nitrogens with one attached hydrogen (secondary N) is 1. The van der Waals surface area contributed by atoms with Crippen LogP contribution < -0.4 is 10.1 Å². The molecule has 0 aromatic heterocycles. The molecule has 0 heterocycles. The first-order valence-electron chi connectivity index (χ1n) is 6.88. The highest BCUT2D eigenvalue weighted by Gasteiger charge is 2.18. The molecule has 1 aliphatic rings. The van der Waals surface area contributed by atoms with Crippen LogP contribution in [0.2, 0.25) is 5.02 Å². The van der Waals surface area contributed by atoms with Gasteiger partial charge in [0.05, 0.1) is 11.6 Å². The lowest BCUT2D eigenvalue weighted by atomic mass is 9.87. The molecule has 1 aromatic carbocycles. The third-order valence-electron chi connectivity index (χ3n) is 3.54. The zero-order chi connectivity index (χ0) is 13.0. The van der Waals surface area contributed by atoms with Crippen LogP contribution in [0.4, 0.5) is 5.69 Å². The summed E-state index contributed by atoms with van der Waals surface area (Å²) < 4.78 is 5.44. The van der Waals surface area contributed by atoms with E-state index >= 15 is 0 Å². The number of rotatable bonds is 4. The first kappa shape index (κ1) is 13.5. The summed E-state index contributed by atoms with van der Waals surface area (Å²) in [6.45, 7) is 4.94. The Morgan fingerprint density at radius 1 is 1.39 bits per heavy atom. The van der Waals surface area contributed by atoms with Gasteiger partial charge in [-0.25, -0.2) is 0 Å². The maximum Gasteiger partial charge on any atom is 0.138 e. The highest BCUT2D eigenvalue weighted by Crippen LogP contribution is 2.30. The van der Waals surface area contributed by atoms with Crippen LogP contribution in [0.5, 0.6) is 5.75 Å². The number of halogens is 1. The van der Waals surface area contributed by atoms with Crippen LogP contribution in [-0.4, -0.2) is 12.6 Å². The van der Waals surface area contributed by atoms with Gasteiger partial charge >= 0.3 is 0 Å². The zero-order valence-corrected chi connectivity index (χ0v) is 12.0. The molecule has 2 rings (SSSR count). The summed E-state index contributed by atoms with van der Waals surface area (Å²) in [6, 6.07) is 6.55. The molecule has 2 nitrogen and oxygen atoms in total. The summed E-state index contributed by atoms with van der Waals surface area (Å²) in [7, 11) is 0. The van der Waals surface area contributed by atoms with Crippen molar-refractivity contribution in [2.75, 3.05) is 11.9 Å². The Balaban J connectivity index is 1.99. The Hall–Kier alpha value is -0.890. The first-order chi connectivity index (χ1) is 8.69. The molecule has 2 unspecified atom stereocenters. The van der Waals surface area contributed by atoms with Crippen molar-refractivity contribution in [2.24, 2.45) is 5.92 Å². The smallest absolute Gasteiger partial charge is 0.138 e. The Morgan fingerprint density at radius 3 is 2.89 bits per heavy atom. The van der Waals surface area contributed by atoms with Gasteiger partial charge in [0.2, 0.25) is 0 Å². The molecule has 0 spiro atoms. The highest BCUT2D eigenvalue weighted by molar-refractivity contribution is 6.32. The van der Waals surface area contributed by atoms with Gasteiger partial charge in [0.15, 0.2) is 0 Å². The molecule has 18 heavy (non-hydrogen) atoms. The fourth-order valence-corrected chi connectivity index (χ4v) is 2.90. The van der Waals surface area contributed by atoms with Crippen molar-refractivity contribution < 1.29 is 4.74 Å². The minimum Gasteiger partial charge on any atom is -0.492 e. The van der Waals surface area contributed by atoms with E-state index in [1.165, 1.54) is 25.7 Å². The molecule has 100 valence electrons. The number of hydrogen-bond donors (Lipinski definition) is 1. The largest absolute Gasteiger partial charge is 0.492 e. The van der Waals surface area contributed by atoms with E-state index < -0.39 is 0 Å². The van der Waals surface area contributed by atoms with Gasteiger partial charge in [0.1, 0.15) is 5.75 Å². The van der Waals surface area contributed by atoms with E-state index in [1.54, 1.807) is 0 Å². The average Bonchev–Trinajstić information content (AvgIpc) is 2.33. The molecule has 0 amide bonds. The number of benzene rings is 1. The minimum absolute atomic E-state index is 0.586. The second-order valence-electron chi connectivity index (χ2n) is 5.19. The second-order valence-corrected chi connectivity index (χ2v) is 5.60. The van der Waals surface area contributed by atoms with Crippen LogP contribution in [-0.2, 0) is 0 Å². The number of anilines is 1. The van der Waals surface area contributed by atoms with Crippen molar-refractivity contribution >= 4 is 17.3 Å². The van der Waals surface area contributed by atoms with Crippen LogP contribution in [0.1, 0.15) is 39.5 Å². The predicted molar refractivity (Wildman–Crippen MR) is 77.7 cm³/mol. The van der Waals surface area contributed by atoms with Gasteiger partial charge in [0, 0.05) is 11.7 Å². The lowest BCUT2D eigenvalue weighted by Crippen LogP contribution is -2.26. The molecule has 1 aliphatic carbocycles. The third kappa shape index (κ3) is 3.55. The summed E-state index contributed by atoms with van der Waals surface area (Å²) in [4.78, 5) is 0. The van der Waals surface area contributed by atoms with E-state index in [-0.39, 0.29) is 0 Å². The van der Waals surface area contributed by atoms with Gasteiger partial charge in [-0.1, -0.05) is 31.4 Å².